The van der Waals surface area contributed by atoms with Crippen molar-refractivity contribution in [1.82, 2.24) is 20.3 Å². The summed E-state index contributed by atoms with van der Waals surface area (Å²) in [5.74, 6) is 1.27. The molecular weight excluding hydrogens is 518 g/mol. The highest BCUT2D eigenvalue weighted by Gasteiger charge is 2.27. The van der Waals surface area contributed by atoms with E-state index in [4.69, 9.17) is 9.97 Å². The van der Waals surface area contributed by atoms with E-state index in [1.807, 2.05) is 73.6 Å². The van der Waals surface area contributed by atoms with Crippen LogP contribution >= 0.6 is 0 Å². The van der Waals surface area contributed by atoms with Gasteiger partial charge in [-0.05, 0) is 49.4 Å². The Kier molecular flexibility index (Phi) is 6.96. The SMILES string of the molecule is CN(C)c1nc(NC2CCC(NC(=O)c3[nH]c4ccc([N+](=O)[O-])cc4c3-c3ccccc3)CC2)nc2ccccc12. The summed E-state index contributed by atoms with van der Waals surface area (Å²) in [5.41, 5.74) is 3.46. The van der Waals surface area contributed by atoms with Gasteiger partial charge in [-0.1, -0.05) is 42.5 Å². The molecule has 1 saturated carbocycles. The molecule has 0 saturated heterocycles. The van der Waals surface area contributed by atoms with Crippen LogP contribution in [0.2, 0.25) is 0 Å². The molecule has 6 rings (SSSR count). The number of hydrogen-bond acceptors (Lipinski definition) is 7. The van der Waals surface area contributed by atoms with Crippen LogP contribution in [0.4, 0.5) is 17.5 Å². The zero-order valence-corrected chi connectivity index (χ0v) is 22.9. The minimum atomic E-state index is -0.419. The van der Waals surface area contributed by atoms with Crippen LogP contribution in [0.5, 0.6) is 0 Å². The molecule has 0 unspecified atom stereocenters. The van der Waals surface area contributed by atoms with Gasteiger partial charge >= 0.3 is 0 Å². The van der Waals surface area contributed by atoms with Gasteiger partial charge in [-0.15, -0.1) is 0 Å². The first-order chi connectivity index (χ1) is 19.9. The van der Waals surface area contributed by atoms with Gasteiger partial charge in [0.15, 0.2) is 0 Å². The van der Waals surface area contributed by atoms with Crippen LogP contribution < -0.4 is 15.5 Å². The molecule has 0 spiro atoms. The third kappa shape index (κ3) is 5.28. The highest BCUT2D eigenvalue weighted by molar-refractivity contribution is 6.10. The number of carbonyl (C=O) groups excluding carboxylic acids is 1. The Balaban J connectivity index is 1.18. The Hall–Kier alpha value is -4.99. The van der Waals surface area contributed by atoms with Crippen molar-refractivity contribution < 1.29 is 9.72 Å². The molecule has 1 fully saturated rings. The summed E-state index contributed by atoms with van der Waals surface area (Å²) < 4.78 is 0. The number of benzene rings is 3. The van der Waals surface area contributed by atoms with Gasteiger partial charge in [0.2, 0.25) is 5.95 Å². The summed E-state index contributed by atoms with van der Waals surface area (Å²) in [7, 11) is 3.95. The van der Waals surface area contributed by atoms with Crippen molar-refractivity contribution in [2.75, 3.05) is 24.3 Å². The zero-order chi connectivity index (χ0) is 28.5. The third-order valence-electron chi connectivity index (χ3n) is 7.68. The predicted octanol–water partition coefficient (Wildman–Crippen LogP) is 5.91. The number of nitro benzene ring substituents is 1. The van der Waals surface area contributed by atoms with Crippen molar-refractivity contribution in [3.63, 3.8) is 0 Å². The van der Waals surface area contributed by atoms with E-state index in [-0.39, 0.29) is 23.7 Å². The lowest BCUT2D eigenvalue weighted by Gasteiger charge is -2.30. The summed E-state index contributed by atoms with van der Waals surface area (Å²) in [6.45, 7) is 0. The lowest BCUT2D eigenvalue weighted by Crippen LogP contribution is -2.40. The molecule has 10 nitrogen and oxygen atoms in total. The van der Waals surface area contributed by atoms with Crippen molar-refractivity contribution in [3.05, 3.63) is 88.6 Å². The number of nitrogens with zero attached hydrogens (tertiary/aromatic N) is 4. The van der Waals surface area contributed by atoms with Gasteiger partial charge in [-0.2, -0.15) is 4.98 Å². The molecule has 0 radical (unpaired) electrons. The minimum absolute atomic E-state index is 0.0137. The topological polar surface area (TPSA) is 129 Å². The molecule has 2 aromatic heterocycles. The number of non-ortho nitro benzene ring substituents is 1. The van der Waals surface area contributed by atoms with Crippen LogP contribution in [0, 0.1) is 10.1 Å². The molecule has 1 aliphatic rings. The van der Waals surface area contributed by atoms with E-state index in [0.29, 0.717) is 28.1 Å². The predicted molar refractivity (Wildman–Crippen MR) is 161 cm³/mol. The lowest BCUT2D eigenvalue weighted by atomic mass is 9.91. The van der Waals surface area contributed by atoms with Crippen LogP contribution in [0.25, 0.3) is 32.9 Å². The van der Waals surface area contributed by atoms with Gasteiger partial charge in [0.05, 0.1) is 10.4 Å². The summed E-state index contributed by atoms with van der Waals surface area (Å²) in [6, 6.07) is 22.3. The van der Waals surface area contributed by atoms with Crippen LogP contribution in [0.3, 0.4) is 0 Å². The van der Waals surface area contributed by atoms with Crippen LogP contribution in [-0.4, -0.2) is 52.0 Å². The second kappa shape index (κ2) is 10.9. The van der Waals surface area contributed by atoms with E-state index in [1.165, 1.54) is 12.1 Å². The molecule has 208 valence electrons. The van der Waals surface area contributed by atoms with E-state index in [9.17, 15) is 14.9 Å². The van der Waals surface area contributed by atoms with Gasteiger partial charge in [-0.25, -0.2) is 4.98 Å². The number of anilines is 2. The van der Waals surface area contributed by atoms with E-state index in [1.54, 1.807) is 6.07 Å². The maximum atomic E-state index is 13.6. The van der Waals surface area contributed by atoms with E-state index >= 15 is 0 Å². The van der Waals surface area contributed by atoms with Gasteiger partial charge < -0.3 is 20.5 Å². The number of carbonyl (C=O) groups is 1. The number of aromatic nitrogens is 3. The summed E-state index contributed by atoms with van der Waals surface area (Å²) >= 11 is 0. The van der Waals surface area contributed by atoms with E-state index in [0.717, 1.165) is 48.0 Å². The first-order valence-corrected chi connectivity index (χ1v) is 13.7. The molecule has 10 heteroatoms. The number of H-pyrrole nitrogens is 1. The molecule has 41 heavy (non-hydrogen) atoms. The molecule has 1 aliphatic carbocycles. The third-order valence-corrected chi connectivity index (χ3v) is 7.68. The molecule has 0 aliphatic heterocycles. The monoisotopic (exact) mass is 549 g/mol. The van der Waals surface area contributed by atoms with Gasteiger partial charge in [0.1, 0.15) is 11.5 Å². The maximum Gasteiger partial charge on any atom is 0.270 e. The molecule has 0 bridgehead atoms. The number of para-hydroxylation sites is 1. The van der Waals surface area contributed by atoms with Crippen molar-refractivity contribution >= 4 is 45.2 Å². The van der Waals surface area contributed by atoms with Crippen molar-refractivity contribution in [2.45, 2.75) is 37.8 Å². The highest BCUT2D eigenvalue weighted by Crippen LogP contribution is 2.35. The number of nitro groups is 1. The highest BCUT2D eigenvalue weighted by atomic mass is 16.6. The fourth-order valence-electron chi connectivity index (χ4n) is 5.66. The number of aromatic amines is 1. The minimum Gasteiger partial charge on any atom is -0.362 e. The van der Waals surface area contributed by atoms with Crippen LogP contribution in [0.1, 0.15) is 36.2 Å². The normalized spacial score (nSPS) is 16.9. The summed E-state index contributed by atoms with van der Waals surface area (Å²) in [4.78, 5) is 39.3. The Morgan fingerprint density at radius 3 is 2.37 bits per heavy atom. The Morgan fingerprint density at radius 2 is 1.63 bits per heavy atom. The van der Waals surface area contributed by atoms with Crippen molar-refractivity contribution in [1.29, 1.82) is 0 Å². The molecule has 1 amide bonds. The van der Waals surface area contributed by atoms with Crippen molar-refractivity contribution in [2.24, 2.45) is 0 Å². The van der Waals surface area contributed by atoms with Gasteiger partial charge in [0.25, 0.3) is 11.6 Å². The smallest absolute Gasteiger partial charge is 0.270 e. The Labute approximate surface area is 237 Å². The summed E-state index contributed by atoms with van der Waals surface area (Å²) in [6.07, 6.45) is 3.35. The van der Waals surface area contributed by atoms with Crippen molar-refractivity contribution in [3.8, 4) is 11.1 Å². The second-order valence-electron chi connectivity index (χ2n) is 10.7. The molecular formula is C31H31N7O3. The van der Waals surface area contributed by atoms with Crippen LogP contribution in [0.15, 0.2) is 72.8 Å². The summed E-state index contributed by atoms with van der Waals surface area (Å²) in [5, 5.41) is 19.8. The fourth-order valence-corrected chi connectivity index (χ4v) is 5.66. The lowest BCUT2D eigenvalue weighted by molar-refractivity contribution is -0.384. The second-order valence-corrected chi connectivity index (χ2v) is 10.7. The number of nitrogens with one attached hydrogen (secondary N) is 3. The Morgan fingerprint density at radius 1 is 0.927 bits per heavy atom. The molecule has 5 aromatic rings. The average Bonchev–Trinajstić information content (AvgIpc) is 3.37. The van der Waals surface area contributed by atoms with E-state index in [2.05, 4.69) is 15.6 Å². The van der Waals surface area contributed by atoms with E-state index < -0.39 is 4.92 Å². The number of hydrogen-bond donors (Lipinski definition) is 3. The quantitative estimate of drug-likeness (QED) is 0.170. The average molecular weight is 550 g/mol. The molecule has 3 N–H and O–H groups in total. The number of fused-ring (bicyclic) bond motifs is 2. The number of amides is 1. The number of rotatable bonds is 7. The van der Waals surface area contributed by atoms with Crippen LogP contribution in [-0.2, 0) is 0 Å². The standard InChI is InChI=1S/C31H31N7O3/c1-37(2)29-23-10-6-7-11-25(23)35-31(36-29)33-21-14-12-20(13-15-21)32-30(39)28-27(19-8-4-3-5-9-19)24-18-22(38(40)41)16-17-26(24)34-28/h3-11,16-18,20-21,34H,12-15H2,1-2H3,(H,32,39)(H,33,35,36). The zero-order valence-electron chi connectivity index (χ0n) is 22.9. The van der Waals surface area contributed by atoms with Gasteiger partial charge in [-0.3, -0.25) is 14.9 Å². The first-order valence-electron chi connectivity index (χ1n) is 13.7. The largest absolute Gasteiger partial charge is 0.362 e. The molecule has 3 aromatic carbocycles. The first kappa shape index (κ1) is 26.2. The molecule has 0 atom stereocenters. The fraction of sp³-hybridized carbons (Fsp3) is 0.258. The Bertz CT molecular complexity index is 1740. The molecule has 2 heterocycles. The maximum absolute atomic E-state index is 13.6. The van der Waals surface area contributed by atoms with Gasteiger partial charge in [0, 0.05) is 60.2 Å².